The summed E-state index contributed by atoms with van der Waals surface area (Å²) in [5.74, 6) is 0.199. The van der Waals surface area contributed by atoms with Crippen molar-refractivity contribution in [1.82, 2.24) is 9.88 Å². The number of methoxy groups -OCH3 is 1. The first-order chi connectivity index (χ1) is 13.2. The molecule has 5 rings (SSSR count). The molecule has 2 amide bonds. The van der Waals surface area contributed by atoms with E-state index in [-0.39, 0.29) is 18.4 Å². The van der Waals surface area contributed by atoms with Crippen molar-refractivity contribution in [2.45, 2.75) is 6.54 Å². The van der Waals surface area contributed by atoms with Gasteiger partial charge in [-0.3, -0.25) is 14.5 Å². The predicted molar refractivity (Wildman–Crippen MR) is 103 cm³/mol. The molecule has 0 saturated heterocycles. The second-order valence-electron chi connectivity index (χ2n) is 6.63. The van der Waals surface area contributed by atoms with Crippen LogP contribution in [0.4, 0.5) is 0 Å². The molecule has 3 aromatic carbocycles. The summed E-state index contributed by atoms with van der Waals surface area (Å²) < 4.78 is 5.33. The Bertz CT molecular complexity index is 1220. The van der Waals surface area contributed by atoms with Crippen molar-refractivity contribution in [2.75, 3.05) is 7.11 Å². The summed E-state index contributed by atoms with van der Waals surface area (Å²) in [7, 11) is 1.61. The number of aromatic nitrogens is 1. The van der Waals surface area contributed by atoms with Crippen molar-refractivity contribution in [2.24, 2.45) is 0 Å². The Morgan fingerprint density at radius 1 is 0.926 bits per heavy atom. The summed E-state index contributed by atoms with van der Waals surface area (Å²) in [6.07, 6.45) is 0. The van der Waals surface area contributed by atoms with E-state index in [2.05, 4.69) is 4.98 Å². The number of hydrogen-bond donors (Lipinski definition) is 1. The van der Waals surface area contributed by atoms with Gasteiger partial charge >= 0.3 is 0 Å². The molecule has 1 aliphatic heterocycles. The summed E-state index contributed by atoms with van der Waals surface area (Å²) in [6.45, 7) is 0.264. The van der Waals surface area contributed by atoms with E-state index in [1.54, 1.807) is 13.2 Å². The number of imide groups is 1. The van der Waals surface area contributed by atoms with E-state index < -0.39 is 0 Å². The molecule has 1 aliphatic rings. The van der Waals surface area contributed by atoms with Crippen molar-refractivity contribution in [3.05, 3.63) is 77.4 Å². The Morgan fingerprint density at radius 2 is 1.70 bits per heavy atom. The highest BCUT2D eigenvalue weighted by atomic mass is 16.5. The third kappa shape index (κ3) is 2.25. The average Bonchev–Trinajstić information content (AvgIpc) is 3.18. The molecular formula is C22H16N2O3. The largest absolute Gasteiger partial charge is 0.497 e. The van der Waals surface area contributed by atoms with Crippen LogP contribution in [0.2, 0.25) is 0 Å². The van der Waals surface area contributed by atoms with Crippen LogP contribution in [-0.2, 0) is 6.54 Å². The summed E-state index contributed by atoms with van der Waals surface area (Å²) in [5, 5.41) is 1.65. The Hall–Kier alpha value is -3.60. The maximum Gasteiger partial charge on any atom is 0.262 e. The van der Waals surface area contributed by atoms with Crippen molar-refractivity contribution < 1.29 is 14.3 Å². The van der Waals surface area contributed by atoms with Crippen LogP contribution in [-0.4, -0.2) is 28.8 Å². The molecule has 0 unspecified atom stereocenters. The van der Waals surface area contributed by atoms with Crippen molar-refractivity contribution in [3.63, 3.8) is 0 Å². The number of amides is 2. The third-order valence-corrected chi connectivity index (χ3v) is 5.09. The lowest BCUT2D eigenvalue weighted by molar-refractivity contribution is 0.0643. The van der Waals surface area contributed by atoms with Crippen LogP contribution >= 0.6 is 0 Å². The van der Waals surface area contributed by atoms with E-state index in [0.29, 0.717) is 16.9 Å². The number of hydrogen-bond acceptors (Lipinski definition) is 3. The molecule has 5 nitrogen and oxygen atoms in total. The highest BCUT2D eigenvalue weighted by Crippen LogP contribution is 2.36. The van der Waals surface area contributed by atoms with Crippen molar-refractivity contribution in [3.8, 4) is 5.75 Å². The van der Waals surface area contributed by atoms with Gasteiger partial charge in [0.1, 0.15) is 5.75 Å². The second-order valence-corrected chi connectivity index (χ2v) is 6.63. The molecule has 0 atom stereocenters. The number of aromatic amines is 1. The molecule has 0 fully saturated rings. The highest BCUT2D eigenvalue weighted by molar-refractivity contribution is 6.30. The zero-order chi connectivity index (χ0) is 18.5. The van der Waals surface area contributed by atoms with Gasteiger partial charge in [-0.15, -0.1) is 0 Å². The molecule has 0 bridgehead atoms. The van der Waals surface area contributed by atoms with E-state index >= 15 is 0 Å². The van der Waals surface area contributed by atoms with Crippen LogP contribution < -0.4 is 4.74 Å². The van der Waals surface area contributed by atoms with Gasteiger partial charge in [0.2, 0.25) is 0 Å². The normalized spacial score (nSPS) is 13.6. The van der Waals surface area contributed by atoms with Gasteiger partial charge < -0.3 is 9.72 Å². The van der Waals surface area contributed by atoms with Crippen molar-refractivity contribution in [1.29, 1.82) is 0 Å². The molecule has 27 heavy (non-hydrogen) atoms. The molecule has 5 heteroatoms. The van der Waals surface area contributed by atoms with Crippen LogP contribution in [0.3, 0.4) is 0 Å². The Labute approximate surface area is 155 Å². The molecule has 0 spiro atoms. The van der Waals surface area contributed by atoms with Gasteiger partial charge in [0.05, 0.1) is 24.8 Å². The first kappa shape index (κ1) is 15.6. The number of ether oxygens (including phenoxy) is 1. The maximum absolute atomic E-state index is 13.2. The predicted octanol–water partition coefficient (Wildman–Crippen LogP) is 4.13. The molecule has 0 radical (unpaired) electrons. The van der Waals surface area contributed by atoms with Crippen molar-refractivity contribution >= 4 is 33.6 Å². The van der Waals surface area contributed by atoms with E-state index in [4.69, 9.17) is 4.74 Å². The molecular weight excluding hydrogens is 340 g/mol. The lowest BCUT2D eigenvalue weighted by atomic mass is 10.0. The number of benzene rings is 3. The zero-order valence-electron chi connectivity index (χ0n) is 14.7. The van der Waals surface area contributed by atoms with Gasteiger partial charge in [-0.05, 0) is 35.9 Å². The minimum atomic E-state index is -0.256. The quantitative estimate of drug-likeness (QED) is 0.562. The zero-order valence-corrected chi connectivity index (χ0v) is 14.7. The molecule has 1 aromatic heterocycles. The monoisotopic (exact) mass is 356 g/mol. The molecule has 2 heterocycles. The number of nitrogens with one attached hydrogen (secondary N) is 1. The van der Waals surface area contributed by atoms with Gasteiger partial charge in [0.15, 0.2) is 0 Å². The van der Waals surface area contributed by atoms with Gasteiger partial charge in [-0.25, -0.2) is 0 Å². The van der Waals surface area contributed by atoms with Gasteiger partial charge in [0, 0.05) is 21.8 Å². The Kier molecular flexibility index (Phi) is 3.31. The van der Waals surface area contributed by atoms with E-state index in [0.717, 1.165) is 27.4 Å². The number of nitrogens with zero attached hydrogens (tertiary/aromatic N) is 1. The Morgan fingerprint density at radius 3 is 2.48 bits per heavy atom. The molecule has 0 aliphatic carbocycles. The molecule has 4 aromatic rings. The lowest BCUT2D eigenvalue weighted by Crippen LogP contribution is -2.29. The first-order valence-electron chi connectivity index (χ1n) is 8.70. The van der Waals surface area contributed by atoms with Gasteiger partial charge in [-0.2, -0.15) is 0 Å². The van der Waals surface area contributed by atoms with Crippen LogP contribution in [0.5, 0.6) is 5.75 Å². The van der Waals surface area contributed by atoms with E-state index in [1.807, 2.05) is 54.6 Å². The highest BCUT2D eigenvalue weighted by Gasteiger charge is 2.37. The summed E-state index contributed by atoms with van der Waals surface area (Å²) in [6, 6.07) is 18.8. The fourth-order valence-corrected chi connectivity index (χ4v) is 3.78. The topological polar surface area (TPSA) is 62.4 Å². The molecule has 132 valence electrons. The summed E-state index contributed by atoms with van der Waals surface area (Å²) in [4.78, 5) is 30.7. The van der Waals surface area contributed by atoms with Crippen LogP contribution in [0.25, 0.3) is 21.8 Å². The Balaban J connectivity index is 1.70. The van der Waals surface area contributed by atoms with Crippen LogP contribution in [0.1, 0.15) is 26.3 Å². The fraction of sp³-hybridized carbons (Fsp3) is 0.0909. The first-order valence-corrected chi connectivity index (χ1v) is 8.70. The van der Waals surface area contributed by atoms with Gasteiger partial charge in [-0.1, -0.05) is 30.3 Å². The smallest absolute Gasteiger partial charge is 0.262 e. The molecule has 0 saturated carbocycles. The van der Waals surface area contributed by atoms with Crippen LogP contribution in [0.15, 0.2) is 60.7 Å². The minimum absolute atomic E-state index is 0.252. The van der Waals surface area contributed by atoms with E-state index in [1.165, 1.54) is 4.90 Å². The number of rotatable bonds is 3. The minimum Gasteiger partial charge on any atom is -0.497 e. The van der Waals surface area contributed by atoms with Crippen LogP contribution in [0, 0.1) is 0 Å². The van der Waals surface area contributed by atoms with E-state index in [9.17, 15) is 9.59 Å². The lowest BCUT2D eigenvalue weighted by Gasteiger charge is -2.13. The number of carbonyl (C=O) groups is 2. The standard InChI is InChI=1S/C22H16N2O3/c1-27-14-7-9-17-16(11-14)19-18(23-17)10-8-15-20(19)22(26)24(21(15)25)12-13-5-3-2-4-6-13/h2-11,23H,12H2,1H3. The number of carbonyl (C=O) groups excluding carboxylic acids is 2. The number of H-pyrrole nitrogens is 1. The average molecular weight is 356 g/mol. The fourth-order valence-electron chi connectivity index (χ4n) is 3.78. The summed E-state index contributed by atoms with van der Waals surface area (Å²) >= 11 is 0. The maximum atomic E-state index is 13.2. The summed E-state index contributed by atoms with van der Waals surface area (Å²) in [5.41, 5.74) is 3.57. The third-order valence-electron chi connectivity index (χ3n) is 5.09. The SMILES string of the molecule is COc1ccc2[nH]c3ccc4c(c3c2c1)C(=O)N(Cc1ccccc1)C4=O. The van der Waals surface area contributed by atoms with Gasteiger partial charge in [0.25, 0.3) is 11.8 Å². The molecule has 1 N–H and O–H groups in total. The second kappa shape index (κ2) is 5.71. The number of fused-ring (bicyclic) bond motifs is 5.